The van der Waals surface area contributed by atoms with Crippen molar-refractivity contribution in [3.8, 4) is 0 Å². The maximum Gasteiger partial charge on any atom is 0.0223 e. The third-order valence-electron chi connectivity index (χ3n) is 1.33. The molecule has 0 nitrogen and oxygen atoms in total. The van der Waals surface area contributed by atoms with E-state index in [4.69, 9.17) is 23.2 Å². The van der Waals surface area contributed by atoms with E-state index < -0.39 is 0 Å². The summed E-state index contributed by atoms with van der Waals surface area (Å²) >= 11 is 11.1. The van der Waals surface area contributed by atoms with Gasteiger partial charge < -0.3 is 0 Å². The second-order valence-electron chi connectivity index (χ2n) is 2.37. The average molecular weight is 181 g/mol. The van der Waals surface area contributed by atoms with E-state index in [0.717, 1.165) is 30.2 Å². The predicted molar refractivity (Wildman–Crippen MR) is 48.8 cm³/mol. The molecule has 0 spiro atoms. The van der Waals surface area contributed by atoms with Gasteiger partial charge in [-0.1, -0.05) is 31.0 Å². The molecular formula is C8H14Cl2. The molecule has 2 heteroatoms. The molecule has 0 radical (unpaired) electrons. The number of halogens is 2. The lowest BCUT2D eigenvalue weighted by Crippen LogP contribution is -1.79. The second kappa shape index (κ2) is 7.43. The number of allylic oxidation sites excluding steroid dienone is 1. The summed E-state index contributed by atoms with van der Waals surface area (Å²) in [5.74, 6) is 0.780. The summed E-state index contributed by atoms with van der Waals surface area (Å²) in [7, 11) is 0. The molecule has 0 unspecified atom stereocenters. The average Bonchev–Trinajstić information content (AvgIpc) is 1.87. The smallest absolute Gasteiger partial charge is 0.0223 e. The van der Waals surface area contributed by atoms with E-state index in [9.17, 15) is 0 Å². The van der Waals surface area contributed by atoms with Crippen LogP contribution >= 0.6 is 23.2 Å². The van der Waals surface area contributed by atoms with Gasteiger partial charge in [0.05, 0.1) is 0 Å². The molecular weight excluding hydrogens is 167 g/mol. The van der Waals surface area contributed by atoms with E-state index in [1.165, 1.54) is 12.8 Å². The van der Waals surface area contributed by atoms with Crippen molar-refractivity contribution in [1.29, 1.82) is 0 Å². The fourth-order valence-corrected chi connectivity index (χ4v) is 1.09. The van der Waals surface area contributed by atoms with Gasteiger partial charge in [-0.15, -0.1) is 11.6 Å². The molecule has 0 aliphatic rings. The zero-order valence-corrected chi connectivity index (χ0v) is 7.72. The van der Waals surface area contributed by atoms with E-state index in [1.54, 1.807) is 0 Å². The Morgan fingerprint density at radius 1 is 1.10 bits per heavy atom. The maximum absolute atomic E-state index is 5.57. The summed E-state index contributed by atoms with van der Waals surface area (Å²) in [6.07, 6.45) is 5.66. The quantitative estimate of drug-likeness (QED) is 0.430. The lowest BCUT2D eigenvalue weighted by molar-refractivity contribution is 0.674. The molecule has 10 heavy (non-hydrogen) atoms. The standard InChI is InChI=1S/C8H14Cl2/c1-8(10)6-4-2-3-5-7-9/h1-7H2. The lowest BCUT2D eigenvalue weighted by Gasteiger charge is -1.96. The van der Waals surface area contributed by atoms with Crippen molar-refractivity contribution in [3.05, 3.63) is 11.6 Å². The van der Waals surface area contributed by atoms with Crippen LogP contribution in [-0.2, 0) is 0 Å². The SMILES string of the molecule is C=C(Cl)CCCCCCCl. The number of rotatable bonds is 6. The Balaban J connectivity index is 2.84. The molecule has 0 saturated heterocycles. The molecule has 0 N–H and O–H groups in total. The van der Waals surface area contributed by atoms with Gasteiger partial charge in [-0.05, 0) is 19.3 Å². The minimum absolute atomic E-state index is 0.769. The zero-order valence-electron chi connectivity index (χ0n) is 6.21. The van der Waals surface area contributed by atoms with Gasteiger partial charge in [0.15, 0.2) is 0 Å². The zero-order chi connectivity index (χ0) is 7.82. The molecule has 60 valence electrons. The van der Waals surface area contributed by atoms with Crippen LogP contribution in [0.3, 0.4) is 0 Å². The van der Waals surface area contributed by atoms with E-state index in [0.29, 0.717) is 0 Å². The minimum atomic E-state index is 0.769. The molecule has 0 saturated carbocycles. The highest BCUT2D eigenvalue weighted by Gasteiger charge is 1.90. The minimum Gasteiger partial charge on any atom is -0.127 e. The van der Waals surface area contributed by atoms with Crippen LogP contribution in [0.4, 0.5) is 0 Å². The van der Waals surface area contributed by atoms with E-state index in [1.807, 2.05) is 0 Å². The normalized spacial score (nSPS) is 9.80. The Labute approximate surface area is 73.2 Å². The molecule has 0 aliphatic carbocycles. The fourth-order valence-electron chi connectivity index (χ4n) is 0.765. The molecule has 0 aliphatic heterocycles. The molecule has 0 atom stereocenters. The number of hydrogen-bond acceptors (Lipinski definition) is 0. The van der Waals surface area contributed by atoms with Crippen LogP contribution in [-0.4, -0.2) is 5.88 Å². The first-order valence-corrected chi connectivity index (χ1v) is 4.58. The van der Waals surface area contributed by atoms with Crippen molar-refractivity contribution in [2.24, 2.45) is 0 Å². The maximum atomic E-state index is 5.57. The van der Waals surface area contributed by atoms with Crippen LogP contribution < -0.4 is 0 Å². The molecule has 0 heterocycles. The van der Waals surface area contributed by atoms with Crippen molar-refractivity contribution in [3.63, 3.8) is 0 Å². The van der Waals surface area contributed by atoms with Gasteiger partial charge in [-0.25, -0.2) is 0 Å². The fraction of sp³-hybridized carbons (Fsp3) is 0.750. The van der Waals surface area contributed by atoms with Crippen molar-refractivity contribution in [1.82, 2.24) is 0 Å². The summed E-state index contributed by atoms with van der Waals surface area (Å²) in [4.78, 5) is 0. The molecule has 0 fully saturated rings. The predicted octanol–water partition coefficient (Wildman–Crippen LogP) is 3.93. The highest BCUT2D eigenvalue weighted by molar-refractivity contribution is 6.29. The van der Waals surface area contributed by atoms with Crippen molar-refractivity contribution < 1.29 is 0 Å². The Morgan fingerprint density at radius 3 is 2.20 bits per heavy atom. The van der Waals surface area contributed by atoms with E-state index in [2.05, 4.69) is 6.58 Å². The van der Waals surface area contributed by atoms with Crippen LogP contribution in [0.5, 0.6) is 0 Å². The first-order valence-electron chi connectivity index (χ1n) is 3.66. The summed E-state index contributed by atoms with van der Waals surface area (Å²) < 4.78 is 0. The third kappa shape index (κ3) is 8.32. The van der Waals surface area contributed by atoms with Gasteiger partial charge in [-0.3, -0.25) is 0 Å². The van der Waals surface area contributed by atoms with Gasteiger partial charge in [0.25, 0.3) is 0 Å². The Hall–Kier alpha value is 0.320. The lowest BCUT2D eigenvalue weighted by atomic mass is 10.1. The largest absolute Gasteiger partial charge is 0.127 e. The van der Waals surface area contributed by atoms with E-state index in [-0.39, 0.29) is 0 Å². The van der Waals surface area contributed by atoms with Crippen LogP contribution in [0.2, 0.25) is 0 Å². The second-order valence-corrected chi connectivity index (χ2v) is 3.28. The van der Waals surface area contributed by atoms with Crippen LogP contribution in [0.15, 0.2) is 11.6 Å². The Kier molecular flexibility index (Phi) is 7.66. The highest BCUT2D eigenvalue weighted by atomic mass is 35.5. The molecule has 0 bridgehead atoms. The van der Waals surface area contributed by atoms with Crippen molar-refractivity contribution >= 4 is 23.2 Å². The van der Waals surface area contributed by atoms with Gasteiger partial charge >= 0.3 is 0 Å². The van der Waals surface area contributed by atoms with Crippen LogP contribution in [0.25, 0.3) is 0 Å². The summed E-state index contributed by atoms with van der Waals surface area (Å²) in [6.45, 7) is 3.61. The van der Waals surface area contributed by atoms with Crippen LogP contribution in [0, 0.1) is 0 Å². The number of unbranched alkanes of at least 4 members (excludes halogenated alkanes) is 3. The first kappa shape index (κ1) is 10.3. The third-order valence-corrected chi connectivity index (χ3v) is 1.79. The van der Waals surface area contributed by atoms with Gasteiger partial charge in [0, 0.05) is 10.9 Å². The van der Waals surface area contributed by atoms with Crippen molar-refractivity contribution in [2.45, 2.75) is 32.1 Å². The molecule has 0 aromatic heterocycles. The topological polar surface area (TPSA) is 0 Å². The highest BCUT2D eigenvalue weighted by Crippen LogP contribution is 2.11. The van der Waals surface area contributed by atoms with Gasteiger partial charge in [-0.2, -0.15) is 0 Å². The monoisotopic (exact) mass is 180 g/mol. The Bertz CT molecular complexity index is 89.3. The van der Waals surface area contributed by atoms with Crippen molar-refractivity contribution in [2.75, 3.05) is 5.88 Å². The Morgan fingerprint density at radius 2 is 1.70 bits per heavy atom. The molecule has 0 amide bonds. The summed E-state index contributed by atoms with van der Waals surface area (Å²) in [6, 6.07) is 0. The van der Waals surface area contributed by atoms with Crippen LogP contribution in [0.1, 0.15) is 32.1 Å². The first-order chi connectivity index (χ1) is 4.77. The number of alkyl halides is 1. The number of hydrogen-bond donors (Lipinski definition) is 0. The molecule has 0 aromatic carbocycles. The van der Waals surface area contributed by atoms with Gasteiger partial charge in [0.2, 0.25) is 0 Å². The molecule has 0 rings (SSSR count). The van der Waals surface area contributed by atoms with Gasteiger partial charge in [0.1, 0.15) is 0 Å². The van der Waals surface area contributed by atoms with E-state index >= 15 is 0 Å². The molecule has 0 aromatic rings. The summed E-state index contributed by atoms with van der Waals surface area (Å²) in [5.41, 5.74) is 0. The summed E-state index contributed by atoms with van der Waals surface area (Å²) in [5, 5.41) is 0.769.